The second-order valence-corrected chi connectivity index (χ2v) is 6.29. The van der Waals surface area contributed by atoms with Crippen molar-refractivity contribution in [3.63, 3.8) is 0 Å². The molecule has 0 aliphatic carbocycles. The van der Waals surface area contributed by atoms with E-state index in [1.807, 2.05) is 25.1 Å². The van der Waals surface area contributed by atoms with E-state index in [9.17, 15) is 9.18 Å². The summed E-state index contributed by atoms with van der Waals surface area (Å²) in [5, 5.41) is 0. The van der Waals surface area contributed by atoms with E-state index in [-0.39, 0.29) is 30.5 Å². The molecule has 3 rings (SSSR count). The van der Waals surface area contributed by atoms with E-state index in [0.29, 0.717) is 18.9 Å². The van der Waals surface area contributed by atoms with Crippen molar-refractivity contribution in [2.24, 2.45) is 0 Å². The summed E-state index contributed by atoms with van der Waals surface area (Å²) < 4.78 is 24.5. The molecule has 0 N–H and O–H groups in total. The summed E-state index contributed by atoms with van der Waals surface area (Å²) >= 11 is 0. The zero-order valence-electron chi connectivity index (χ0n) is 14.2. The van der Waals surface area contributed by atoms with Crippen LogP contribution in [0.2, 0.25) is 0 Å². The van der Waals surface area contributed by atoms with E-state index in [1.54, 1.807) is 17.0 Å². The summed E-state index contributed by atoms with van der Waals surface area (Å²) in [6, 6.07) is 15.9. The fourth-order valence-electron chi connectivity index (χ4n) is 2.95. The highest BCUT2D eigenvalue weighted by molar-refractivity contribution is 5.78. The number of benzene rings is 2. The molecule has 0 saturated carbocycles. The molecule has 1 aliphatic heterocycles. The molecule has 0 aromatic heterocycles. The molecule has 2 atom stereocenters. The lowest BCUT2D eigenvalue weighted by Gasteiger charge is -2.38. The fraction of sp³-hybridized carbons (Fsp3) is 0.350. The summed E-state index contributed by atoms with van der Waals surface area (Å²) in [5.74, 6) is -0.138. The molecule has 0 radical (unpaired) electrons. The van der Waals surface area contributed by atoms with Crippen LogP contribution in [0.15, 0.2) is 54.6 Å². The number of nitrogens with zero attached hydrogens (tertiary/aromatic N) is 1. The van der Waals surface area contributed by atoms with Gasteiger partial charge in [0.25, 0.3) is 5.91 Å². The predicted molar refractivity (Wildman–Crippen MR) is 93.0 cm³/mol. The van der Waals surface area contributed by atoms with Gasteiger partial charge >= 0.3 is 0 Å². The van der Waals surface area contributed by atoms with Crippen molar-refractivity contribution in [3.8, 4) is 5.75 Å². The van der Waals surface area contributed by atoms with Gasteiger partial charge in [0.1, 0.15) is 11.6 Å². The molecule has 132 valence electrons. The Morgan fingerprint density at radius 1 is 1.24 bits per heavy atom. The predicted octanol–water partition coefficient (Wildman–Crippen LogP) is 3.06. The van der Waals surface area contributed by atoms with Crippen molar-refractivity contribution < 1.29 is 18.7 Å². The van der Waals surface area contributed by atoms with Crippen molar-refractivity contribution in [3.05, 3.63) is 66.0 Å². The smallest absolute Gasteiger partial charge is 0.260 e. The third-order valence-corrected chi connectivity index (χ3v) is 4.29. The van der Waals surface area contributed by atoms with Crippen LogP contribution in [0.4, 0.5) is 4.39 Å². The lowest BCUT2D eigenvalue weighted by Crippen LogP contribution is -2.52. The fourth-order valence-corrected chi connectivity index (χ4v) is 2.95. The van der Waals surface area contributed by atoms with Crippen LogP contribution in [0.25, 0.3) is 0 Å². The van der Waals surface area contributed by atoms with Gasteiger partial charge in [-0.3, -0.25) is 4.79 Å². The topological polar surface area (TPSA) is 38.8 Å². The number of carbonyl (C=O) groups is 1. The third-order valence-electron chi connectivity index (χ3n) is 4.29. The molecular weight excluding hydrogens is 321 g/mol. The third kappa shape index (κ3) is 4.79. The quantitative estimate of drug-likeness (QED) is 0.837. The second kappa shape index (κ2) is 8.12. The van der Waals surface area contributed by atoms with Crippen molar-refractivity contribution in [2.75, 3.05) is 19.8 Å². The van der Waals surface area contributed by atoms with Gasteiger partial charge in [-0.2, -0.15) is 0 Å². The van der Waals surface area contributed by atoms with E-state index >= 15 is 0 Å². The summed E-state index contributed by atoms with van der Waals surface area (Å²) in [4.78, 5) is 14.3. The zero-order valence-corrected chi connectivity index (χ0v) is 14.2. The van der Waals surface area contributed by atoms with Crippen LogP contribution < -0.4 is 4.74 Å². The molecule has 1 fully saturated rings. The van der Waals surface area contributed by atoms with Gasteiger partial charge in [0, 0.05) is 19.0 Å². The van der Waals surface area contributed by atoms with Crippen LogP contribution in [0.3, 0.4) is 0 Å². The van der Waals surface area contributed by atoms with Crippen molar-refractivity contribution in [1.29, 1.82) is 0 Å². The Balaban J connectivity index is 1.56. The molecule has 25 heavy (non-hydrogen) atoms. The van der Waals surface area contributed by atoms with E-state index in [0.717, 1.165) is 6.42 Å². The number of hydrogen-bond acceptors (Lipinski definition) is 3. The minimum absolute atomic E-state index is 0.00404. The Kier molecular flexibility index (Phi) is 5.66. The zero-order chi connectivity index (χ0) is 17.6. The molecule has 2 unspecified atom stereocenters. The number of hydrogen-bond donors (Lipinski definition) is 0. The normalized spacial score (nSPS) is 20.3. The first-order chi connectivity index (χ1) is 12.1. The Morgan fingerprint density at radius 2 is 2.04 bits per heavy atom. The van der Waals surface area contributed by atoms with Crippen molar-refractivity contribution in [2.45, 2.75) is 25.5 Å². The summed E-state index contributed by atoms with van der Waals surface area (Å²) in [5.41, 5.74) is 1.19. The average Bonchev–Trinajstić information content (AvgIpc) is 2.62. The van der Waals surface area contributed by atoms with E-state index < -0.39 is 0 Å². The van der Waals surface area contributed by atoms with Crippen LogP contribution in [-0.4, -0.2) is 42.7 Å². The van der Waals surface area contributed by atoms with E-state index in [2.05, 4.69) is 12.1 Å². The highest BCUT2D eigenvalue weighted by Crippen LogP contribution is 2.17. The second-order valence-electron chi connectivity index (χ2n) is 6.29. The van der Waals surface area contributed by atoms with Crippen LogP contribution in [0.1, 0.15) is 12.5 Å². The monoisotopic (exact) mass is 343 g/mol. The Labute approximate surface area is 147 Å². The number of rotatable bonds is 5. The molecule has 5 heteroatoms. The first-order valence-corrected chi connectivity index (χ1v) is 8.45. The Morgan fingerprint density at radius 3 is 2.80 bits per heavy atom. The molecule has 2 aromatic rings. The van der Waals surface area contributed by atoms with Gasteiger partial charge in [0.05, 0.1) is 18.8 Å². The summed E-state index contributed by atoms with van der Waals surface area (Å²) in [6.45, 7) is 2.88. The average molecular weight is 343 g/mol. The maximum absolute atomic E-state index is 13.2. The van der Waals surface area contributed by atoms with E-state index in [1.165, 1.54) is 17.7 Å². The van der Waals surface area contributed by atoms with Crippen LogP contribution in [0.5, 0.6) is 5.75 Å². The lowest BCUT2D eigenvalue weighted by molar-refractivity contribution is -0.146. The number of morpholine rings is 1. The van der Waals surface area contributed by atoms with Crippen molar-refractivity contribution >= 4 is 5.91 Å². The molecule has 4 nitrogen and oxygen atoms in total. The van der Waals surface area contributed by atoms with Gasteiger partial charge in [-0.15, -0.1) is 0 Å². The van der Waals surface area contributed by atoms with Gasteiger partial charge < -0.3 is 14.4 Å². The molecule has 1 heterocycles. The number of amides is 1. The summed E-state index contributed by atoms with van der Waals surface area (Å²) in [6.07, 6.45) is 0.735. The van der Waals surface area contributed by atoms with Gasteiger partial charge in [-0.05, 0) is 24.6 Å². The maximum Gasteiger partial charge on any atom is 0.260 e. The molecule has 1 amide bonds. The van der Waals surface area contributed by atoms with Gasteiger partial charge in [0.15, 0.2) is 6.61 Å². The Bertz CT molecular complexity index is 707. The number of carbonyl (C=O) groups excluding carboxylic acids is 1. The first kappa shape index (κ1) is 17.4. The van der Waals surface area contributed by atoms with Crippen LogP contribution in [0, 0.1) is 5.82 Å². The Hall–Kier alpha value is -2.40. The van der Waals surface area contributed by atoms with Gasteiger partial charge in [-0.25, -0.2) is 4.39 Å². The standard InChI is InChI=1S/C20H22FNO3/c1-15-13-24-19(10-16-6-3-2-4-7-16)12-22(15)20(23)14-25-18-9-5-8-17(21)11-18/h2-9,11,15,19H,10,12-14H2,1H3. The van der Waals surface area contributed by atoms with E-state index in [4.69, 9.17) is 9.47 Å². The summed E-state index contributed by atoms with van der Waals surface area (Å²) in [7, 11) is 0. The highest BCUT2D eigenvalue weighted by Gasteiger charge is 2.29. The minimum atomic E-state index is -0.382. The molecule has 1 saturated heterocycles. The lowest BCUT2D eigenvalue weighted by atomic mass is 10.1. The van der Waals surface area contributed by atoms with Crippen LogP contribution in [-0.2, 0) is 16.0 Å². The number of halogens is 1. The molecule has 2 aromatic carbocycles. The first-order valence-electron chi connectivity index (χ1n) is 8.45. The SMILES string of the molecule is CC1COC(Cc2ccccc2)CN1C(=O)COc1cccc(F)c1. The van der Waals surface area contributed by atoms with Crippen molar-refractivity contribution in [1.82, 2.24) is 4.90 Å². The maximum atomic E-state index is 13.2. The van der Waals surface area contributed by atoms with Gasteiger partial charge in [-0.1, -0.05) is 36.4 Å². The molecule has 1 aliphatic rings. The largest absolute Gasteiger partial charge is 0.484 e. The molecular formula is C20H22FNO3. The van der Waals surface area contributed by atoms with Gasteiger partial charge in [0.2, 0.25) is 0 Å². The van der Waals surface area contributed by atoms with Crippen LogP contribution >= 0.6 is 0 Å². The molecule has 0 bridgehead atoms. The molecule has 0 spiro atoms. The minimum Gasteiger partial charge on any atom is -0.484 e. The highest BCUT2D eigenvalue weighted by atomic mass is 19.1. The number of ether oxygens (including phenoxy) is 2.